The summed E-state index contributed by atoms with van der Waals surface area (Å²) in [6.07, 6.45) is -2.01. The van der Waals surface area contributed by atoms with Crippen LogP contribution in [-0.4, -0.2) is 38.5 Å². The van der Waals surface area contributed by atoms with E-state index in [2.05, 4.69) is 10.6 Å². The third kappa shape index (κ3) is 10.8. The minimum Gasteiger partial charge on any atom is -0.484 e. The highest BCUT2D eigenvalue weighted by Crippen LogP contribution is 2.33. The summed E-state index contributed by atoms with van der Waals surface area (Å²) in [5.41, 5.74) is 1.79. The molecule has 8 nitrogen and oxygen atoms in total. The number of carbonyl (C=O) groups excluding carboxylic acids is 2. The molecule has 0 bridgehead atoms. The van der Waals surface area contributed by atoms with E-state index in [4.69, 9.17) is 42.1 Å². The number of carbonyl (C=O) groups is 2. The molecule has 0 aliphatic carbocycles. The van der Waals surface area contributed by atoms with Crippen LogP contribution >= 0.6 is 23.2 Å². The minimum absolute atomic E-state index is 0.160. The summed E-state index contributed by atoms with van der Waals surface area (Å²) in [5.74, 6) is -0.0576. The number of benzene rings is 4. The number of esters is 2. The molecule has 10 heteroatoms. The number of ether oxygens (including phenoxy) is 4. The molecular weight excluding hydrogens is 627 g/mol. The Labute approximate surface area is 279 Å². The average Bonchev–Trinajstić information content (AvgIpc) is 3.08. The summed E-state index contributed by atoms with van der Waals surface area (Å²) in [7, 11) is 3.38. The van der Waals surface area contributed by atoms with E-state index in [0.29, 0.717) is 34.4 Å². The average molecular weight is 666 g/mol. The minimum atomic E-state index is -0.685. The number of halogens is 2. The molecule has 4 aromatic rings. The van der Waals surface area contributed by atoms with E-state index in [0.717, 1.165) is 11.1 Å². The molecule has 0 fully saturated rings. The first-order valence-corrected chi connectivity index (χ1v) is 15.8. The highest BCUT2D eigenvalue weighted by Gasteiger charge is 2.25. The molecule has 242 valence electrons. The third-order valence-corrected chi connectivity index (χ3v) is 7.76. The standard InChI is InChI=1S/C36H38Cl2N2O6/c1-39-33(23-31(25-13-5-3-6-14-25)43-29-19-11-9-17-27(29)37)45-35(41)21-22-36(42)46-34(40-2)24-32(26-15-7-4-8-16-26)44-30-20-12-10-18-28(30)38/h3-20,31-34,39-40H,21-24H2,1-2H3. The molecule has 0 saturated carbocycles. The lowest BCUT2D eigenvalue weighted by Gasteiger charge is -2.26. The highest BCUT2D eigenvalue weighted by atomic mass is 35.5. The lowest BCUT2D eigenvalue weighted by Crippen LogP contribution is -2.35. The number of rotatable bonds is 17. The van der Waals surface area contributed by atoms with Crippen LogP contribution < -0.4 is 20.1 Å². The largest absolute Gasteiger partial charge is 0.484 e. The van der Waals surface area contributed by atoms with Crippen LogP contribution in [0.5, 0.6) is 11.5 Å². The normalized spacial score (nSPS) is 13.6. The van der Waals surface area contributed by atoms with Crippen LogP contribution in [0.1, 0.15) is 49.0 Å². The molecule has 0 saturated heterocycles. The van der Waals surface area contributed by atoms with Crippen LogP contribution in [0.4, 0.5) is 0 Å². The van der Waals surface area contributed by atoms with Crippen molar-refractivity contribution in [1.82, 2.24) is 10.6 Å². The number of hydrogen-bond donors (Lipinski definition) is 2. The van der Waals surface area contributed by atoms with E-state index in [1.54, 1.807) is 38.4 Å². The Morgan fingerprint density at radius 2 is 0.913 bits per heavy atom. The fourth-order valence-electron chi connectivity index (χ4n) is 4.70. The summed E-state index contributed by atoms with van der Waals surface area (Å²) in [5, 5.41) is 6.99. The van der Waals surface area contributed by atoms with Crippen LogP contribution in [-0.2, 0) is 19.1 Å². The zero-order valence-electron chi connectivity index (χ0n) is 25.7. The second-order valence-electron chi connectivity index (χ2n) is 10.4. The van der Waals surface area contributed by atoms with Crippen molar-refractivity contribution in [2.45, 2.75) is 50.3 Å². The number of hydrogen-bond acceptors (Lipinski definition) is 8. The maximum Gasteiger partial charge on any atom is 0.307 e. The van der Waals surface area contributed by atoms with Gasteiger partial charge in [-0.2, -0.15) is 0 Å². The highest BCUT2D eigenvalue weighted by molar-refractivity contribution is 6.32. The van der Waals surface area contributed by atoms with Crippen molar-refractivity contribution < 1.29 is 28.5 Å². The fraction of sp³-hybridized carbons (Fsp3) is 0.278. The molecule has 4 atom stereocenters. The maximum absolute atomic E-state index is 12.8. The molecule has 0 heterocycles. The van der Waals surface area contributed by atoms with Gasteiger partial charge < -0.3 is 18.9 Å². The first kappa shape index (κ1) is 34.8. The van der Waals surface area contributed by atoms with Gasteiger partial charge in [0.15, 0.2) is 12.5 Å². The van der Waals surface area contributed by atoms with Crippen molar-refractivity contribution in [2.75, 3.05) is 14.1 Å². The maximum atomic E-state index is 12.8. The van der Waals surface area contributed by atoms with E-state index in [1.807, 2.05) is 84.9 Å². The van der Waals surface area contributed by atoms with Gasteiger partial charge in [-0.05, 0) is 49.5 Å². The Hall–Kier alpha value is -4.08. The Morgan fingerprint density at radius 3 is 1.26 bits per heavy atom. The fourth-order valence-corrected chi connectivity index (χ4v) is 5.07. The molecule has 4 unspecified atom stereocenters. The first-order valence-electron chi connectivity index (χ1n) is 15.0. The summed E-state index contributed by atoms with van der Waals surface area (Å²) in [6, 6.07) is 33.6. The van der Waals surface area contributed by atoms with Crippen LogP contribution in [0.25, 0.3) is 0 Å². The molecule has 0 aliphatic heterocycles. The molecule has 0 amide bonds. The Kier molecular flexibility index (Phi) is 13.7. The summed E-state index contributed by atoms with van der Waals surface area (Å²) < 4.78 is 23.9. The molecule has 0 aromatic heterocycles. The van der Waals surface area contributed by atoms with Crippen LogP contribution in [0, 0.1) is 0 Å². The van der Waals surface area contributed by atoms with Gasteiger partial charge in [0.2, 0.25) is 0 Å². The molecule has 4 aromatic carbocycles. The molecule has 0 radical (unpaired) electrons. The molecule has 46 heavy (non-hydrogen) atoms. The van der Waals surface area contributed by atoms with Crippen molar-refractivity contribution in [3.63, 3.8) is 0 Å². The third-order valence-electron chi connectivity index (χ3n) is 7.14. The van der Waals surface area contributed by atoms with E-state index >= 15 is 0 Å². The zero-order valence-corrected chi connectivity index (χ0v) is 27.2. The van der Waals surface area contributed by atoms with Crippen LogP contribution in [0.3, 0.4) is 0 Å². The van der Waals surface area contributed by atoms with E-state index in [1.165, 1.54) is 0 Å². The monoisotopic (exact) mass is 664 g/mol. The molecule has 2 N–H and O–H groups in total. The van der Waals surface area contributed by atoms with Crippen molar-refractivity contribution in [2.24, 2.45) is 0 Å². The predicted octanol–water partition coefficient (Wildman–Crippen LogP) is 7.67. The van der Waals surface area contributed by atoms with Gasteiger partial charge in [0.1, 0.15) is 23.7 Å². The summed E-state index contributed by atoms with van der Waals surface area (Å²) >= 11 is 12.7. The number of nitrogens with one attached hydrogen (secondary N) is 2. The van der Waals surface area contributed by atoms with Crippen molar-refractivity contribution in [3.05, 3.63) is 130 Å². The van der Waals surface area contributed by atoms with E-state index in [9.17, 15) is 9.59 Å². The van der Waals surface area contributed by atoms with Gasteiger partial charge in [0, 0.05) is 12.8 Å². The lowest BCUT2D eigenvalue weighted by molar-refractivity contribution is -0.159. The van der Waals surface area contributed by atoms with E-state index < -0.39 is 36.6 Å². The first-order chi connectivity index (χ1) is 22.4. The van der Waals surface area contributed by atoms with Crippen LogP contribution in [0.2, 0.25) is 10.0 Å². The summed E-state index contributed by atoms with van der Waals surface area (Å²) in [4.78, 5) is 25.6. The second kappa shape index (κ2) is 18.2. The molecule has 4 rings (SSSR count). The molecule has 0 aliphatic rings. The topological polar surface area (TPSA) is 95.1 Å². The Bertz CT molecular complexity index is 1410. The SMILES string of the molecule is CNC(CC(Oc1ccccc1Cl)c1ccccc1)OC(=O)CCC(=O)OC(CC(Oc1ccccc1Cl)c1ccccc1)NC. The van der Waals surface area contributed by atoms with Crippen molar-refractivity contribution >= 4 is 35.1 Å². The second-order valence-corrected chi connectivity index (χ2v) is 11.2. The Balaban J connectivity index is 1.32. The Morgan fingerprint density at radius 1 is 0.565 bits per heavy atom. The molecule has 0 spiro atoms. The molecular formula is C36H38Cl2N2O6. The van der Waals surface area contributed by atoms with Gasteiger partial charge in [-0.25, -0.2) is 0 Å². The predicted molar refractivity (Wildman–Crippen MR) is 179 cm³/mol. The van der Waals surface area contributed by atoms with E-state index in [-0.39, 0.29) is 12.8 Å². The van der Waals surface area contributed by atoms with Gasteiger partial charge in [0.05, 0.1) is 22.9 Å². The van der Waals surface area contributed by atoms with Crippen molar-refractivity contribution in [1.29, 1.82) is 0 Å². The van der Waals surface area contributed by atoms with Gasteiger partial charge >= 0.3 is 11.9 Å². The van der Waals surface area contributed by atoms with Gasteiger partial charge in [-0.3, -0.25) is 20.2 Å². The van der Waals surface area contributed by atoms with Gasteiger partial charge in [-0.15, -0.1) is 0 Å². The smallest absolute Gasteiger partial charge is 0.307 e. The summed E-state index contributed by atoms with van der Waals surface area (Å²) in [6.45, 7) is 0. The van der Waals surface area contributed by atoms with Gasteiger partial charge in [-0.1, -0.05) is 108 Å². The lowest BCUT2D eigenvalue weighted by atomic mass is 10.1. The number of para-hydroxylation sites is 2. The van der Waals surface area contributed by atoms with Crippen LogP contribution in [0.15, 0.2) is 109 Å². The van der Waals surface area contributed by atoms with Gasteiger partial charge in [0.25, 0.3) is 0 Å². The zero-order chi connectivity index (χ0) is 32.7. The van der Waals surface area contributed by atoms with Crippen molar-refractivity contribution in [3.8, 4) is 11.5 Å². The quantitative estimate of drug-likeness (QED) is 0.0877.